The zero-order valence-electron chi connectivity index (χ0n) is 12.4. The Hall–Kier alpha value is -1.07. The van der Waals surface area contributed by atoms with E-state index in [-0.39, 0.29) is 11.2 Å². The second-order valence-electron chi connectivity index (χ2n) is 5.86. The van der Waals surface area contributed by atoms with Crippen LogP contribution in [0.2, 0.25) is 0 Å². The minimum Gasteiger partial charge on any atom is -0.316 e. The van der Waals surface area contributed by atoms with Crippen LogP contribution >= 0.6 is 0 Å². The van der Waals surface area contributed by atoms with E-state index in [1.165, 1.54) is 5.56 Å². The van der Waals surface area contributed by atoms with Gasteiger partial charge in [-0.1, -0.05) is 26.0 Å². The Labute approximate surface area is 122 Å². The van der Waals surface area contributed by atoms with Crippen LogP contribution in [0.1, 0.15) is 32.8 Å². The largest absolute Gasteiger partial charge is 0.316 e. The highest BCUT2D eigenvalue weighted by molar-refractivity contribution is 7.92. The van der Waals surface area contributed by atoms with E-state index in [1.807, 2.05) is 18.2 Å². The molecule has 0 unspecified atom stereocenters. The van der Waals surface area contributed by atoms with Crippen molar-refractivity contribution in [2.45, 2.75) is 32.6 Å². The van der Waals surface area contributed by atoms with Crippen LogP contribution in [0.5, 0.6) is 0 Å². The minimum absolute atomic E-state index is 0.0921. The molecule has 1 aliphatic rings. The zero-order valence-corrected chi connectivity index (χ0v) is 13.3. The lowest BCUT2D eigenvalue weighted by atomic mass is 9.68. The Kier molecular flexibility index (Phi) is 4.39. The number of sulfonamides is 1. The molecule has 1 saturated heterocycles. The van der Waals surface area contributed by atoms with Crippen molar-refractivity contribution in [1.29, 1.82) is 0 Å². The molecule has 5 heteroatoms. The molecular weight excluding hydrogens is 272 g/mol. The van der Waals surface area contributed by atoms with Gasteiger partial charge in [-0.3, -0.25) is 4.72 Å². The Bertz CT molecular complexity index is 571. The number of benzene rings is 1. The number of piperidine rings is 1. The number of rotatable bonds is 4. The van der Waals surface area contributed by atoms with Crippen LogP contribution in [0.15, 0.2) is 24.3 Å². The number of hydrogen-bond donors (Lipinski definition) is 2. The van der Waals surface area contributed by atoms with Gasteiger partial charge in [-0.15, -0.1) is 0 Å². The average molecular weight is 296 g/mol. The maximum absolute atomic E-state index is 11.7. The Morgan fingerprint density at radius 2 is 2.20 bits per heavy atom. The van der Waals surface area contributed by atoms with Crippen LogP contribution in [0.4, 0.5) is 5.69 Å². The van der Waals surface area contributed by atoms with Gasteiger partial charge in [0, 0.05) is 5.69 Å². The van der Waals surface area contributed by atoms with Crippen molar-refractivity contribution < 1.29 is 8.42 Å². The van der Waals surface area contributed by atoms with Crippen LogP contribution in [0, 0.1) is 5.92 Å². The first kappa shape index (κ1) is 15.3. The fourth-order valence-electron chi connectivity index (χ4n) is 2.76. The van der Waals surface area contributed by atoms with Gasteiger partial charge in [0.05, 0.1) is 5.75 Å². The first-order valence-corrected chi connectivity index (χ1v) is 8.84. The summed E-state index contributed by atoms with van der Waals surface area (Å²) in [6, 6.07) is 7.83. The maximum atomic E-state index is 11.7. The van der Waals surface area contributed by atoms with Crippen LogP contribution < -0.4 is 10.0 Å². The van der Waals surface area contributed by atoms with E-state index in [0.717, 1.165) is 19.5 Å². The summed E-state index contributed by atoms with van der Waals surface area (Å²) in [7, 11) is -3.22. The molecule has 2 atom stereocenters. The van der Waals surface area contributed by atoms with Crippen LogP contribution in [0.3, 0.4) is 0 Å². The summed E-state index contributed by atoms with van der Waals surface area (Å²) >= 11 is 0. The third kappa shape index (κ3) is 3.15. The van der Waals surface area contributed by atoms with Gasteiger partial charge in [0.15, 0.2) is 0 Å². The fourth-order valence-corrected chi connectivity index (χ4v) is 3.39. The molecule has 0 radical (unpaired) electrons. The van der Waals surface area contributed by atoms with Crippen molar-refractivity contribution in [3.8, 4) is 0 Å². The summed E-state index contributed by atoms with van der Waals surface area (Å²) < 4.78 is 26.0. The summed E-state index contributed by atoms with van der Waals surface area (Å²) in [5.41, 5.74) is 1.97. The van der Waals surface area contributed by atoms with E-state index in [0.29, 0.717) is 11.6 Å². The normalized spacial score (nSPS) is 27.2. The molecule has 0 saturated carbocycles. The summed E-state index contributed by atoms with van der Waals surface area (Å²) in [5, 5.41) is 3.41. The van der Waals surface area contributed by atoms with E-state index in [4.69, 9.17) is 0 Å². The molecule has 20 heavy (non-hydrogen) atoms. The first-order valence-electron chi connectivity index (χ1n) is 7.19. The smallest absolute Gasteiger partial charge is 0.232 e. The minimum atomic E-state index is -3.22. The average Bonchev–Trinajstić information content (AvgIpc) is 2.42. The molecule has 1 aromatic carbocycles. The van der Waals surface area contributed by atoms with E-state index >= 15 is 0 Å². The highest BCUT2D eigenvalue weighted by atomic mass is 32.2. The standard InChI is InChI=1S/C15H24N2O2S/c1-4-20(18,19)17-14-7-5-6-13(10-14)15(3)8-9-16-11-12(15)2/h5-7,10,12,16-17H,4,8-9,11H2,1-3H3/t12-,15-/m0/s1. The molecule has 1 aliphatic heterocycles. The van der Waals surface area contributed by atoms with Crippen molar-refractivity contribution in [1.82, 2.24) is 5.32 Å². The number of anilines is 1. The monoisotopic (exact) mass is 296 g/mol. The van der Waals surface area contributed by atoms with E-state index in [2.05, 4.69) is 30.0 Å². The summed E-state index contributed by atoms with van der Waals surface area (Å²) in [4.78, 5) is 0. The number of nitrogens with one attached hydrogen (secondary N) is 2. The molecule has 0 spiro atoms. The van der Waals surface area contributed by atoms with E-state index in [1.54, 1.807) is 6.92 Å². The topological polar surface area (TPSA) is 58.2 Å². The van der Waals surface area contributed by atoms with Gasteiger partial charge in [-0.05, 0) is 55.5 Å². The van der Waals surface area contributed by atoms with Gasteiger partial charge in [0.25, 0.3) is 0 Å². The van der Waals surface area contributed by atoms with E-state index in [9.17, 15) is 8.42 Å². The number of hydrogen-bond acceptors (Lipinski definition) is 3. The van der Waals surface area contributed by atoms with Crippen molar-refractivity contribution in [3.05, 3.63) is 29.8 Å². The quantitative estimate of drug-likeness (QED) is 0.896. The molecule has 2 N–H and O–H groups in total. The molecule has 0 bridgehead atoms. The fraction of sp³-hybridized carbons (Fsp3) is 0.600. The highest BCUT2D eigenvalue weighted by Crippen LogP contribution is 2.38. The molecule has 2 rings (SSSR count). The Balaban J connectivity index is 2.30. The summed E-state index contributed by atoms with van der Waals surface area (Å²) in [6.07, 6.45) is 1.07. The van der Waals surface area contributed by atoms with Crippen molar-refractivity contribution in [2.24, 2.45) is 5.92 Å². The van der Waals surface area contributed by atoms with Crippen molar-refractivity contribution >= 4 is 15.7 Å². The predicted octanol–water partition coefficient (Wildman–Crippen LogP) is 2.34. The lowest BCUT2D eigenvalue weighted by Gasteiger charge is -2.40. The van der Waals surface area contributed by atoms with Gasteiger partial charge in [0.1, 0.15) is 0 Å². The van der Waals surface area contributed by atoms with Gasteiger partial charge in [-0.25, -0.2) is 8.42 Å². The van der Waals surface area contributed by atoms with Crippen LogP contribution in [0.25, 0.3) is 0 Å². The summed E-state index contributed by atoms with van der Waals surface area (Å²) in [6.45, 7) is 8.16. The molecule has 4 nitrogen and oxygen atoms in total. The molecule has 1 heterocycles. The molecular formula is C15H24N2O2S. The first-order chi connectivity index (χ1) is 9.37. The van der Waals surface area contributed by atoms with Crippen molar-refractivity contribution in [3.63, 3.8) is 0 Å². The predicted molar refractivity (Wildman–Crippen MR) is 83.5 cm³/mol. The maximum Gasteiger partial charge on any atom is 0.232 e. The van der Waals surface area contributed by atoms with Gasteiger partial charge in [-0.2, -0.15) is 0 Å². The lowest BCUT2D eigenvalue weighted by Crippen LogP contribution is -2.44. The molecule has 112 valence electrons. The third-order valence-corrected chi connectivity index (χ3v) is 5.84. The molecule has 1 fully saturated rings. The van der Waals surface area contributed by atoms with Crippen molar-refractivity contribution in [2.75, 3.05) is 23.6 Å². The van der Waals surface area contributed by atoms with Gasteiger partial charge < -0.3 is 5.32 Å². The highest BCUT2D eigenvalue weighted by Gasteiger charge is 2.35. The molecule has 0 amide bonds. The Morgan fingerprint density at radius 3 is 2.85 bits per heavy atom. The van der Waals surface area contributed by atoms with Gasteiger partial charge >= 0.3 is 0 Å². The SMILES string of the molecule is CCS(=O)(=O)Nc1cccc([C@@]2(C)CCNC[C@@H]2C)c1. The van der Waals surface area contributed by atoms with Crippen LogP contribution in [-0.2, 0) is 15.4 Å². The third-order valence-electron chi connectivity index (χ3n) is 4.53. The van der Waals surface area contributed by atoms with Crippen LogP contribution in [-0.4, -0.2) is 27.3 Å². The molecule has 0 aromatic heterocycles. The zero-order chi connectivity index (χ0) is 14.8. The summed E-state index contributed by atoms with van der Waals surface area (Å²) in [5.74, 6) is 0.615. The molecule has 1 aromatic rings. The second kappa shape index (κ2) is 5.74. The molecule has 0 aliphatic carbocycles. The second-order valence-corrected chi connectivity index (χ2v) is 7.87. The van der Waals surface area contributed by atoms with E-state index < -0.39 is 10.0 Å². The Morgan fingerprint density at radius 1 is 1.45 bits per heavy atom. The van der Waals surface area contributed by atoms with Gasteiger partial charge in [0.2, 0.25) is 10.0 Å². The lowest BCUT2D eigenvalue weighted by molar-refractivity contribution is 0.238.